The second kappa shape index (κ2) is 10.0. The van der Waals surface area contributed by atoms with Crippen LogP contribution in [-0.2, 0) is 11.2 Å². The van der Waals surface area contributed by atoms with Gasteiger partial charge in [0.05, 0.1) is 19.9 Å². The van der Waals surface area contributed by atoms with Crippen LogP contribution in [0.25, 0.3) is 0 Å². The Morgan fingerprint density at radius 3 is 2.79 bits per heavy atom. The van der Waals surface area contributed by atoms with E-state index in [1.807, 2.05) is 24.3 Å². The Morgan fingerprint density at radius 2 is 2.07 bits per heavy atom. The van der Waals surface area contributed by atoms with Gasteiger partial charge >= 0.3 is 0 Å². The number of nitrogens with zero attached hydrogens (tertiary/aromatic N) is 1. The summed E-state index contributed by atoms with van der Waals surface area (Å²) < 4.78 is 10.5. The molecule has 2 aromatic rings. The molecule has 0 saturated carbocycles. The van der Waals surface area contributed by atoms with Gasteiger partial charge in [-0.15, -0.1) is 0 Å². The fourth-order valence-corrected chi connectivity index (χ4v) is 3.12. The van der Waals surface area contributed by atoms with Crippen molar-refractivity contribution in [2.24, 2.45) is 0 Å². The number of amides is 1. The molecule has 0 unspecified atom stereocenters. The first-order chi connectivity index (χ1) is 13.7. The lowest BCUT2D eigenvalue weighted by atomic mass is 10.00. The Balaban J connectivity index is 1.38. The highest BCUT2D eigenvalue weighted by atomic mass is 16.5. The highest BCUT2D eigenvalue weighted by Crippen LogP contribution is 2.24. The van der Waals surface area contributed by atoms with Gasteiger partial charge in [-0.3, -0.25) is 10.2 Å². The maximum atomic E-state index is 12.3. The van der Waals surface area contributed by atoms with Crippen LogP contribution < -0.4 is 15.4 Å². The number of rotatable bonds is 8. The molecule has 1 saturated heterocycles. The lowest BCUT2D eigenvalue weighted by Crippen LogP contribution is -2.38. The summed E-state index contributed by atoms with van der Waals surface area (Å²) in [6.45, 7) is 2.45. The number of aromatic nitrogens is 2. The van der Waals surface area contributed by atoms with E-state index in [1.165, 1.54) is 11.8 Å². The van der Waals surface area contributed by atoms with Gasteiger partial charge in [0.15, 0.2) is 0 Å². The number of amidine groups is 1. The van der Waals surface area contributed by atoms with Crippen molar-refractivity contribution in [2.75, 3.05) is 33.4 Å². The molecule has 1 aliphatic rings. The molecule has 3 rings (SSSR count). The molecule has 0 atom stereocenters. The average molecular weight is 385 g/mol. The molecule has 0 aliphatic carbocycles. The van der Waals surface area contributed by atoms with Crippen molar-refractivity contribution in [3.05, 3.63) is 47.5 Å². The SMILES string of the molecule is COc1ccc(CCNCC(=N)NC(=O)c2cnc(C3CCOCC3)[nH]2)cc1. The highest BCUT2D eigenvalue weighted by Gasteiger charge is 2.20. The summed E-state index contributed by atoms with van der Waals surface area (Å²) in [4.78, 5) is 19.7. The zero-order chi connectivity index (χ0) is 19.8. The number of imidazole rings is 1. The summed E-state index contributed by atoms with van der Waals surface area (Å²) >= 11 is 0. The molecule has 8 nitrogen and oxygen atoms in total. The zero-order valence-corrected chi connectivity index (χ0v) is 16.1. The van der Waals surface area contributed by atoms with Crippen molar-refractivity contribution < 1.29 is 14.3 Å². The fourth-order valence-electron chi connectivity index (χ4n) is 3.12. The maximum absolute atomic E-state index is 12.3. The monoisotopic (exact) mass is 385 g/mol. The van der Waals surface area contributed by atoms with E-state index in [2.05, 4.69) is 20.6 Å². The first kappa shape index (κ1) is 20.0. The molecule has 0 radical (unpaired) electrons. The van der Waals surface area contributed by atoms with Crippen molar-refractivity contribution in [2.45, 2.75) is 25.2 Å². The summed E-state index contributed by atoms with van der Waals surface area (Å²) in [5, 5.41) is 13.7. The average Bonchev–Trinajstić information content (AvgIpc) is 3.23. The number of carbonyl (C=O) groups excluding carboxylic acids is 1. The minimum atomic E-state index is -0.340. The number of aromatic amines is 1. The van der Waals surface area contributed by atoms with E-state index < -0.39 is 0 Å². The van der Waals surface area contributed by atoms with Gasteiger partial charge in [-0.05, 0) is 43.5 Å². The quantitative estimate of drug-likeness (QED) is 0.315. The minimum absolute atomic E-state index is 0.127. The molecule has 28 heavy (non-hydrogen) atoms. The third kappa shape index (κ3) is 5.64. The van der Waals surface area contributed by atoms with Crippen molar-refractivity contribution in [1.29, 1.82) is 5.41 Å². The standard InChI is InChI=1S/C20H27N5O3/c1-27-16-4-2-14(3-5-16)6-9-22-13-18(21)25-20(26)17-12-23-19(24-17)15-7-10-28-11-8-15/h2-5,12,15,22H,6-11,13H2,1H3,(H,23,24)(H2,21,25,26). The molecule has 8 heteroatoms. The normalized spacial score (nSPS) is 14.6. The molecular weight excluding hydrogens is 358 g/mol. The van der Waals surface area contributed by atoms with Crippen molar-refractivity contribution in [1.82, 2.24) is 20.6 Å². The third-order valence-electron chi connectivity index (χ3n) is 4.76. The Labute approximate surface area is 164 Å². The van der Waals surface area contributed by atoms with Gasteiger partial charge in [-0.2, -0.15) is 0 Å². The Hall–Kier alpha value is -2.71. The summed E-state index contributed by atoms with van der Waals surface area (Å²) in [6, 6.07) is 7.89. The molecule has 1 aromatic carbocycles. The Bertz CT molecular complexity index is 781. The molecule has 0 spiro atoms. The third-order valence-corrected chi connectivity index (χ3v) is 4.76. The minimum Gasteiger partial charge on any atom is -0.497 e. The van der Waals surface area contributed by atoms with E-state index >= 15 is 0 Å². The maximum Gasteiger partial charge on any atom is 0.274 e. The number of benzene rings is 1. The molecule has 1 aromatic heterocycles. The molecular formula is C20H27N5O3. The number of hydrogen-bond donors (Lipinski definition) is 4. The topological polar surface area (TPSA) is 112 Å². The largest absolute Gasteiger partial charge is 0.497 e. The molecule has 4 N–H and O–H groups in total. The van der Waals surface area contributed by atoms with Crippen LogP contribution in [0.5, 0.6) is 5.75 Å². The molecule has 150 valence electrons. The van der Waals surface area contributed by atoms with E-state index in [0.29, 0.717) is 24.7 Å². The van der Waals surface area contributed by atoms with Crippen LogP contribution >= 0.6 is 0 Å². The highest BCUT2D eigenvalue weighted by molar-refractivity contribution is 6.04. The van der Waals surface area contributed by atoms with E-state index in [4.69, 9.17) is 14.9 Å². The van der Waals surface area contributed by atoms with Crippen LogP contribution in [0.2, 0.25) is 0 Å². The summed E-state index contributed by atoms with van der Waals surface area (Å²) in [5.74, 6) is 1.74. The van der Waals surface area contributed by atoms with E-state index in [9.17, 15) is 4.79 Å². The van der Waals surface area contributed by atoms with Crippen molar-refractivity contribution in [3.63, 3.8) is 0 Å². The number of H-pyrrole nitrogens is 1. The Morgan fingerprint density at radius 1 is 1.32 bits per heavy atom. The summed E-state index contributed by atoms with van der Waals surface area (Å²) in [7, 11) is 1.64. The van der Waals surface area contributed by atoms with Gasteiger partial charge in [0.25, 0.3) is 5.91 Å². The van der Waals surface area contributed by atoms with Crippen molar-refractivity contribution in [3.8, 4) is 5.75 Å². The number of hydrogen-bond acceptors (Lipinski definition) is 6. The number of ether oxygens (including phenoxy) is 2. The first-order valence-electron chi connectivity index (χ1n) is 9.51. The van der Waals surface area contributed by atoms with Gasteiger partial charge in [-0.25, -0.2) is 4.98 Å². The zero-order valence-electron chi connectivity index (χ0n) is 16.1. The molecule has 1 aliphatic heterocycles. The van der Waals surface area contributed by atoms with Gasteiger partial charge < -0.3 is 25.1 Å². The first-order valence-corrected chi connectivity index (χ1v) is 9.51. The lowest BCUT2D eigenvalue weighted by Gasteiger charge is -2.19. The van der Waals surface area contributed by atoms with E-state index in [-0.39, 0.29) is 11.7 Å². The van der Waals surface area contributed by atoms with Gasteiger partial charge in [0.1, 0.15) is 23.1 Å². The van der Waals surface area contributed by atoms with E-state index in [1.54, 1.807) is 7.11 Å². The summed E-state index contributed by atoms with van der Waals surface area (Å²) in [6.07, 6.45) is 4.18. The Kier molecular flexibility index (Phi) is 7.16. The van der Waals surface area contributed by atoms with E-state index in [0.717, 1.165) is 44.1 Å². The molecule has 1 amide bonds. The molecule has 0 bridgehead atoms. The van der Waals surface area contributed by atoms with Gasteiger partial charge in [-0.1, -0.05) is 12.1 Å². The van der Waals surface area contributed by atoms with Crippen LogP contribution in [0.3, 0.4) is 0 Å². The summed E-state index contributed by atoms with van der Waals surface area (Å²) in [5.41, 5.74) is 1.56. The number of methoxy groups -OCH3 is 1. The van der Waals surface area contributed by atoms with Crippen LogP contribution in [0.1, 0.15) is 40.6 Å². The predicted octanol–water partition coefficient (Wildman–Crippen LogP) is 1.85. The number of nitrogens with one attached hydrogen (secondary N) is 4. The molecule has 1 fully saturated rings. The van der Waals surface area contributed by atoms with Crippen LogP contribution in [-0.4, -0.2) is 55.1 Å². The predicted molar refractivity (Wildman–Crippen MR) is 106 cm³/mol. The van der Waals surface area contributed by atoms with Gasteiger partial charge in [0, 0.05) is 19.1 Å². The second-order valence-electron chi connectivity index (χ2n) is 6.78. The lowest BCUT2D eigenvalue weighted by molar-refractivity contribution is 0.0837. The number of carbonyl (C=O) groups is 1. The van der Waals surface area contributed by atoms with Crippen LogP contribution in [0, 0.1) is 5.41 Å². The van der Waals surface area contributed by atoms with Crippen LogP contribution in [0.4, 0.5) is 0 Å². The molecule has 2 heterocycles. The second-order valence-corrected chi connectivity index (χ2v) is 6.78. The van der Waals surface area contributed by atoms with Gasteiger partial charge in [0.2, 0.25) is 0 Å². The smallest absolute Gasteiger partial charge is 0.274 e. The van der Waals surface area contributed by atoms with Crippen molar-refractivity contribution >= 4 is 11.7 Å². The fraction of sp³-hybridized carbons (Fsp3) is 0.450. The van der Waals surface area contributed by atoms with Crippen LogP contribution in [0.15, 0.2) is 30.5 Å².